The van der Waals surface area contributed by atoms with Gasteiger partial charge in [-0.3, -0.25) is 0 Å². The number of ether oxygens (including phenoxy) is 3. The molecule has 0 fully saturated rings. The Morgan fingerprint density at radius 3 is 2.52 bits per heavy atom. The largest absolute Gasteiger partial charge is 0.508 e. The minimum atomic E-state index is -0.750. The highest BCUT2D eigenvalue weighted by molar-refractivity contribution is 5.68. The molecule has 6 heteroatoms. The lowest BCUT2D eigenvalue weighted by molar-refractivity contribution is 0.0815. The molecule has 0 aliphatic rings. The van der Waals surface area contributed by atoms with E-state index in [0.29, 0.717) is 13.1 Å². The van der Waals surface area contributed by atoms with Crippen molar-refractivity contribution in [1.29, 1.82) is 0 Å². The van der Waals surface area contributed by atoms with Gasteiger partial charge >= 0.3 is 12.2 Å². The molecule has 1 rings (SSSR count). The molecule has 23 heavy (non-hydrogen) atoms. The fourth-order valence-electron chi connectivity index (χ4n) is 1.63. The standard InChI is InChI=1S/C17H21NO5/c1-3-11-18(12-7-8-13-22-17(20)21-2)16(19)23-14-15-9-5-4-6-10-15/h3-10H,1,11-14H2,2H3/b8-7-. The van der Waals surface area contributed by atoms with Crippen LogP contribution in [-0.2, 0) is 20.8 Å². The molecule has 0 atom stereocenters. The Bertz CT molecular complexity index is 527. The van der Waals surface area contributed by atoms with Gasteiger partial charge in [0, 0.05) is 13.1 Å². The first-order valence-electron chi connectivity index (χ1n) is 7.09. The number of nitrogens with zero attached hydrogens (tertiary/aromatic N) is 1. The van der Waals surface area contributed by atoms with Crippen LogP contribution in [0.4, 0.5) is 9.59 Å². The van der Waals surface area contributed by atoms with E-state index in [1.807, 2.05) is 30.3 Å². The molecule has 0 saturated carbocycles. The maximum atomic E-state index is 12.0. The molecule has 0 heterocycles. The van der Waals surface area contributed by atoms with E-state index in [1.54, 1.807) is 18.2 Å². The van der Waals surface area contributed by atoms with Gasteiger partial charge in [-0.2, -0.15) is 0 Å². The zero-order valence-corrected chi connectivity index (χ0v) is 13.1. The van der Waals surface area contributed by atoms with Crippen molar-refractivity contribution in [3.63, 3.8) is 0 Å². The predicted octanol–water partition coefficient (Wildman–Crippen LogP) is 3.15. The molecule has 124 valence electrons. The Kier molecular flexibility index (Phi) is 8.66. The Morgan fingerprint density at radius 1 is 1.13 bits per heavy atom. The van der Waals surface area contributed by atoms with Crippen molar-refractivity contribution >= 4 is 12.2 Å². The summed E-state index contributed by atoms with van der Waals surface area (Å²) in [6, 6.07) is 9.43. The maximum absolute atomic E-state index is 12.0. The van der Waals surface area contributed by atoms with Crippen LogP contribution in [0.25, 0.3) is 0 Å². The molecule has 0 unspecified atom stereocenters. The van der Waals surface area contributed by atoms with Crippen molar-refractivity contribution in [2.75, 3.05) is 26.8 Å². The number of hydrogen-bond donors (Lipinski definition) is 0. The third-order valence-corrected chi connectivity index (χ3v) is 2.77. The summed E-state index contributed by atoms with van der Waals surface area (Å²) in [5.74, 6) is 0. The third kappa shape index (κ3) is 7.71. The van der Waals surface area contributed by atoms with Gasteiger partial charge in [0.15, 0.2) is 0 Å². The normalized spacial score (nSPS) is 10.1. The van der Waals surface area contributed by atoms with Crippen molar-refractivity contribution in [2.24, 2.45) is 0 Å². The number of hydrogen-bond acceptors (Lipinski definition) is 5. The summed E-state index contributed by atoms with van der Waals surface area (Å²) in [6.45, 7) is 4.59. The topological polar surface area (TPSA) is 65.1 Å². The Hall–Kier alpha value is -2.76. The minimum Gasteiger partial charge on any atom is -0.445 e. The highest BCUT2D eigenvalue weighted by atomic mass is 16.7. The molecule has 0 radical (unpaired) electrons. The molecule has 1 aromatic rings. The van der Waals surface area contributed by atoms with E-state index in [2.05, 4.69) is 11.3 Å². The van der Waals surface area contributed by atoms with Crippen LogP contribution in [-0.4, -0.2) is 44.0 Å². The maximum Gasteiger partial charge on any atom is 0.508 e. The summed E-state index contributed by atoms with van der Waals surface area (Å²) in [7, 11) is 1.24. The fraction of sp³-hybridized carbons (Fsp3) is 0.294. The summed E-state index contributed by atoms with van der Waals surface area (Å²) >= 11 is 0. The van der Waals surface area contributed by atoms with Gasteiger partial charge in [0.1, 0.15) is 13.2 Å². The molecule has 1 aromatic carbocycles. The first kappa shape index (κ1) is 18.3. The molecule has 0 aliphatic heterocycles. The number of benzene rings is 1. The minimum absolute atomic E-state index is 0.0770. The lowest BCUT2D eigenvalue weighted by atomic mass is 10.2. The molecular formula is C17H21NO5. The second kappa shape index (κ2) is 10.9. The highest BCUT2D eigenvalue weighted by Gasteiger charge is 2.12. The van der Waals surface area contributed by atoms with E-state index >= 15 is 0 Å². The Morgan fingerprint density at radius 2 is 1.87 bits per heavy atom. The second-order valence-corrected chi connectivity index (χ2v) is 4.47. The number of methoxy groups -OCH3 is 1. The molecule has 0 aromatic heterocycles. The van der Waals surface area contributed by atoms with Crippen molar-refractivity contribution in [3.05, 3.63) is 60.7 Å². The zero-order chi connectivity index (χ0) is 16.9. The van der Waals surface area contributed by atoms with Crippen molar-refractivity contribution in [3.8, 4) is 0 Å². The van der Waals surface area contributed by atoms with Crippen LogP contribution >= 0.6 is 0 Å². The van der Waals surface area contributed by atoms with Crippen molar-refractivity contribution in [2.45, 2.75) is 6.61 Å². The number of carbonyl (C=O) groups excluding carboxylic acids is 2. The number of rotatable bonds is 8. The van der Waals surface area contributed by atoms with Crippen molar-refractivity contribution < 1.29 is 23.8 Å². The predicted molar refractivity (Wildman–Crippen MR) is 85.9 cm³/mol. The molecule has 6 nitrogen and oxygen atoms in total. The fourth-order valence-corrected chi connectivity index (χ4v) is 1.63. The smallest absolute Gasteiger partial charge is 0.445 e. The summed E-state index contributed by atoms with van der Waals surface area (Å²) in [6.07, 6.45) is 3.75. The van der Waals surface area contributed by atoms with Gasteiger partial charge in [-0.1, -0.05) is 42.5 Å². The van der Waals surface area contributed by atoms with Crippen LogP contribution in [0, 0.1) is 0 Å². The number of carbonyl (C=O) groups is 2. The molecule has 0 saturated heterocycles. The van der Waals surface area contributed by atoms with Gasteiger partial charge in [0.05, 0.1) is 7.11 Å². The van der Waals surface area contributed by atoms with Gasteiger partial charge < -0.3 is 19.1 Å². The van der Waals surface area contributed by atoms with Gasteiger partial charge in [-0.15, -0.1) is 6.58 Å². The van der Waals surface area contributed by atoms with Crippen LogP contribution in [0.3, 0.4) is 0 Å². The Balaban J connectivity index is 2.40. The van der Waals surface area contributed by atoms with E-state index in [4.69, 9.17) is 9.47 Å². The van der Waals surface area contributed by atoms with Gasteiger partial charge in [0.2, 0.25) is 0 Å². The van der Waals surface area contributed by atoms with Crippen LogP contribution in [0.2, 0.25) is 0 Å². The monoisotopic (exact) mass is 319 g/mol. The van der Waals surface area contributed by atoms with E-state index in [1.165, 1.54) is 12.0 Å². The molecule has 0 aliphatic carbocycles. The van der Waals surface area contributed by atoms with Crippen molar-refractivity contribution in [1.82, 2.24) is 4.90 Å². The Labute approximate surface area is 135 Å². The van der Waals surface area contributed by atoms with E-state index in [0.717, 1.165) is 5.56 Å². The number of amides is 1. The van der Waals surface area contributed by atoms with E-state index < -0.39 is 12.2 Å². The quantitative estimate of drug-likeness (QED) is 0.544. The zero-order valence-electron chi connectivity index (χ0n) is 13.1. The highest BCUT2D eigenvalue weighted by Crippen LogP contribution is 2.03. The first-order valence-corrected chi connectivity index (χ1v) is 7.09. The lowest BCUT2D eigenvalue weighted by Gasteiger charge is -2.18. The van der Waals surface area contributed by atoms with Crippen LogP contribution in [0.15, 0.2) is 55.1 Å². The second-order valence-electron chi connectivity index (χ2n) is 4.47. The average Bonchev–Trinajstić information content (AvgIpc) is 2.59. The molecular weight excluding hydrogens is 298 g/mol. The summed E-state index contributed by atoms with van der Waals surface area (Å²) < 4.78 is 14.3. The van der Waals surface area contributed by atoms with E-state index in [-0.39, 0.29) is 13.2 Å². The SMILES string of the molecule is C=CCN(C/C=C\COC(=O)OC)C(=O)OCc1ccccc1. The van der Waals surface area contributed by atoms with E-state index in [9.17, 15) is 9.59 Å². The average molecular weight is 319 g/mol. The van der Waals surface area contributed by atoms with Gasteiger partial charge in [-0.25, -0.2) is 9.59 Å². The van der Waals surface area contributed by atoms with Crippen LogP contribution in [0.5, 0.6) is 0 Å². The third-order valence-electron chi connectivity index (χ3n) is 2.77. The van der Waals surface area contributed by atoms with Gasteiger partial charge in [0.25, 0.3) is 0 Å². The molecule has 0 N–H and O–H groups in total. The lowest BCUT2D eigenvalue weighted by Crippen LogP contribution is -2.31. The first-order chi connectivity index (χ1) is 11.2. The molecule has 1 amide bonds. The molecule has 0 spiro atoms. The van der Waals surface area contributed by atoms with Gasteiger partial charge in [-0.05, 0) is 11.6 Å². The summed E-state index contributed by atoms with van der Waals surface area (Å²) in [4.78, 5) is 24.3. The van der Waals surface area contributed by atoms with Crippen LogP contribution < -0.4 is 0 Å². The summed E-state index contributed by atoms with van der Waals surface area (Å²) in [5, 5.41) is 0. The molecule has 0 bridgehead atoms. The summed E-state index contributed by atoms with van der Waals surface area (Å²) in [5.41, 5.74) is 0.918. The van der Waals surface area contributed by atoms with Crippen LogP contribution in [0.1, 0.15) is 5.56 Å².